The molecule has 0 aliphatic heterocycles. The van der Waals surface area contributed by atoms with Crippen LogP contribution in [0.2, 0.25) is 0 Å². The van der Waals surface area contributed by atoms with Crippen LogP contribution in [0.25, 0.3) is 0 Å². The molecule has 0 bridgehead atoms. The van der Waals surface area contributed by atoms with Crippen LogP contribution in [0.4, 0.5) is 4.39 Å². The fourth-order valence-corrected chi connectivity index (χ4v) is 2.05. The van der Waals surface area contributed by atoms with Crippen molar-refractivity contribution in [1.82, 2.24) is 9.88 Å². The third-order valence-electron chi connectivity index (χ3n) is 3.13. The molecule has 0 aliphatic rings. The van der Waals surface area contributed by atoms with Gasteiger partial charge in [-0.2, -0.15) is 0 Å². The van der Waals surface area contributed by atoms with E-state index >= 15 is 0 Å². The third-order valence-corrected chi connectivity index (χ3v) is 3.13. The first-order chi connectivity index (χ1) is 9.97. The van der Waals surface area contributed by atoms with Crippen molar-refractivity contribution in [3.05, 3.63) is 59.7 Å². The van der Waals surface area contributed by atoms with E-state index in [0.717, 1.165) is 0 Å². The van der Waals surface area contributed by atoms with E-state index < -0.39 is 17.8 Å². The lowest BCUT2D eigenvalue weighted by Gasteiger charge is -2.17. The Balaban J connectivity index is 2.20. The van der Waals surface area contributed by atoms with Crippen molar-refractivity contribution in [2.24, 2.45) is 7.05 Å². The highest BCUT2D eigenvalue weighted by Crippen LogP contribution is 2.18. The largest absolute Gasteiger partial charge is 0.481 e. The lowest BCUT2D eigenvalue weighted by Crippen LogP contribution is -2.31. The number of carboxylic acid groups (broad SMARTS) is 1. The molecule has 1 aromatic heterocycles. The number of hydrogen-bond donors (Lipinski definition) is 2. The molecule has 2 N–H and O–H groups in total. The second-order valence-electron chi connectivity index (χ2n) is 4.68. The van der Waals surface area contributed by atoms with Crippen molar-refractivity contribution in [3.8, 4) is 0 Å². The third kappa shape index (κ3) is 3.68. The van der Waals surface area contributed by atoms with Gasteiger partial charge in [0.1, 0.15) is 11.5 Å². The van der Waals surface area contributed by atoms with E-state index in [9.17, 15) is 14.0 Å². The van der Waals surface area contributed by atoms with Gasteiger partial charge in [0.15, 0.2) is 0 Å². The molecule has 0 unspecified atom stereocenters. The molecule has 1 aromatic carbocycles. The van der Waals surface area contributed by atoms with E-state index in [1.807, 2.05) is 0 Å². The molecule has 110 valence electrons. The summed E-state index contributed by atoms with van der Waals surface area (Å²) in [6.45, 7) is 0. The number of carbonyl (C=O) groups excluding carboxylic acids is 1. The van der Waals surface area contributed by atoms with Crippen LogP contribution in [0.15, 0.2) is 42.6 Å². The zero-order valence-electron chi connectivity index (χ0n) is 11.4. The fraction of sp³-hybridized carbons (Fsp3) is 0.200. The number of aryl methyl sites for hydroxylation is 1. The van der Waals surface area contributed by atoms with Crippen LogP contribution < -0.4 is 5.32 Å². The maximum atomic E-state index is 12.9. The normalized spacial score (nSPS) is 11.9. The van der Waals surface area contributed by atoms with E-state index in [1.54, 1.807) is 29.9 Å². The van der Waals surface area contributed by atoms with Crippen LogP contribution in [0.3, 0.4) is 0 Å². The molecule has 2 rings (SSSR count). The molecule has 0 spiro atoms. The Morgan fingerprint density at radius 2 is 1.95 bits per heavy atom. The average Bonchev–Trinajstić information content (AvgIpc) is 2.84. The topological polar surface area (TPSA) is 71.3 Å². The van der Waals surface area contributed by atoms with Crippen molar-refractivity contribution in [3.63, 3.8) is 0 Å². The van der Waals surface area contributed by atoms with Gasteiger partial charge in [0.05, 0.1) is 12.5 Å². The molecule has 0 saturated heterocycles. The standard InChI is InChI=1S/C15H15FN2O3/c1-18-8-2-3-13(18)15(21)17-12(9-14(19)20)10-4-6-11(16)7-5-10/h2-8,12H,9H2,1H3,(H,17,21)(H,19,20)/t12-/m1/s1. The number of benzene rings is 1. The molecule has 21 heavy (non-hydrogen) atoms. The first-order valence-corrected chi connectivity index (χ1v) is 6.37. The van der Waals surface area contributed by atoms with Crippen molar-refractivity contribution < 1.29 is 19.1 Å². The minimum Gasteiger partial charge on any atom is -0.481 e. The van der Waals surface area contributed by atoms with Crippen molar-refractivity contribution in [2.75, 3.05) is 0 Å². The lowest BCUT2D eigenvalue weighted by atomic mass is 10.0. The molecule has 1 amide bonds. The van der Waals surface area contributed by atoms with Gasteiger partial charge < -0.3 is 15.0 Å². The zero-order chi connectivity index (χ0) is 15.4. The van der Waals surface area contributed by atoms with E-state index in [-0.39, 0.29) is 12.3 Å². The summed E-state index contributed by atoms with van der Waals surface area (Å²) in [5, 5.41) is 11.6. The minimum atomic E-state index is -1.04. The summed E-state index contributed by atoms with van der Waals surface area (Å²) in [7, 11) is 1.72. The second kappa shape index (κ2) is 6.21. The van der Waals surface area contributed by atoms with Gasteiger partial charge in [-0.1, -0.05) is 12.1 Å². The van der Waals surface area contributed by atoms with Crippen LogP contribution in [0.1, 0.15) is 28.5 Å². The summed E-state index contributed by atoms with van der Waals surface area (Å²) in [4.78, 5) is 23.1. The lowest BCUT2D eigenvalue weighted by molar-refractivity contribution is -0.137. The first kappa shape index (κ1) is 14.8. The number of aromatic nitrogens is 1. The highest BCUT2D eigenvalue weighted by molar-refractivity contribution is 5.93. The molecule has 2 aromatic rings. The summed E-state index contributed by atoms with van der Waals surface area (Å²) in [5.41, 5.74) is 0.967. The quantitative estimate of drug-likeness (QED) is 0.886. The van der Waals surface area contributed by atoms with Crippen LogP contribution in [0.5, 0.6) is 0 Å². The molecule has 0 aliphatic carbocycles. The Kier molecular flexibility index (Phi) is 4.37. The number of carbonyl (C=O) groups is 2. The van der Waals surface area contributed by atoms with E-state index in [1.165, 1.54) is 24.3 Å². The van der Waals surface area contributed by atoms with E-state index in [2.05, 4.69) is 5.32 Å². The fourth-order valence-electron chi connectivity index (χ4n) is 2.05. The summed E-state index contributed by atoms with van der Waals surface area (Å²) >= 11 is 0. The number of halogens is 1. The van der Waals surface area contributed by atoms with Crippen LogP contribution in [-0.4, -0.2) is 21.6 Å². The van der Waals surface area contributed by atoms with Gasteiger partial charge in [-0.25, -0.2) is 4.39 Å². The number of nitrogens with one attached hydrogen (secondary N) is 1. The summed E-state index contributed by atoms with van der Waals surface area (Å²) in [6.07, 6.45) is 1.45. The van der Waals surface area contributed by atoms with Crippen LogP contribution >= 0.6 is 0 Å². The Hall–Kier alpha value is -2.63. The van der Waals surface area contributed by atoms with Gasteiger partial charge in [0.25, 0.3) is 5.91 Å². The molecule has 5 nitrogen and oxygen atoms in total. The molecule has 0 fully saturated rings. The van der Waals surface area contributed by atoms with Gasteiger partial charge >= 0.3 is 5.97 Å². The van der Waals surface area contributed by atoms with Crippen LogP contribution in [-0.2, 0) is 11.8 Å². The first-order valence-electron chi connectivity index (χ1n) is 6.37. The number of amides is 1. The van der Waals surface area contributed by atoms with Crippen LogP contribution in [0, 0.1) is 5.82 Å². The number of hydrogen-bond acceptors (Lipinski definition) is 2. The van der Waals surface area contributed by atoms with Gasteiger partial charge in [-0.15, -0.1) is 0 Å². The summed E-state index contributed by atoms with van der Waals surface area (Å²) in [6, 6.07) is 8.04. The second-order valence-corrected chi connectivity index (χ2v) is 4.68. The van der Waals surface area contributed by atoms with Gasteiger partial charge in [0, 0.05) is 13.2 Å². The molecule has 1 atom stereocenters. The summed E-state index contributed by atoms with van der Waals surface area (Å²) < 4.78 is 14.6. The predicted molar refractivity (Wildman–Crippen MR) is 74.3 cm³/mol. The predicted octanol–water partition coefficient (Wildman–Crippen LogP) is 2.11. The van der Waals surface area contributed by atoms with Crippen molar-refractivity contribution in [2.45, 2.75) is 12.5 Å². The van der Waals surface area contributed by atoms with Gasteiger partial charge in [0.2, 0.25) is 0 Å². The van der Waals surface area contributed by atoms with Crippen molar-refractivity contribution >= 4 is 11.9 Å². The number of nitrogens with zero attached hydrogens (tertiary/aromatic N) is 1. The molecule has 6 heteroatoms. The number of rotatable bonds is 5. The Morgan fingerprint density at radius 1 is 1.29 bits per heavy atom. The Labute approximate surface area is 121 Å². The van der Waals surface area contributed by atoms with Crippen molar-refractivity contribution in [1.29, 1.82) is 0 Å². The highest BCUT2D eigenvalue weighted by Gasteiger charge is 2.20. The maximum absolute atomic E-state index is 12.9. The van der Waals surface area contributed by atoms with Gasteiger partial charge in [-0.05, 0) is 29.8 Å². The molecule has 0 radical (unpaired) electrons. The summed E-state index contributed by atoms with van der Waals surface area (Å²) in [5.74, 6) is -1.84. The number of carboxylic acids is 1. The monoisotopic (exact) mass is 290 g/mol. The SMILES string of the molecule is Cn1cccc1C(=O)N[C@H](CC(=O)O)c1ccc(F)cc1. The number of aliphatic carboxylic acids is 1. The molecule has 1 heterocycles. The van der Waals surface area contributed by atoms with E-state index in [4.69, 9.17) is 5.11 Å². The zero-order valence-corrected chi connectivity index (χ0v) is 11.4. The molecular weight excluding hydrogens is 275 g/mol. The molecule has 0 saturated carbocycles. The Morgan fingerprint density at radius 3 is 2.48 bits per heavy atom. The Bertz CT molecular complexity index is 649. The van der Waals surface area contributed by atoms with Gasteiger partial charge in [-0.3, -0.25) is 9.59 Å². The molecular formula is C15H15FN2O3. The maximum Gasteiger partial charge on any atom is 0.305 e. The average molecular weight is 290 g/mol. The minimum absolute atomic E-state index is 0.276. The van der Waals surface area contributed by atoms with E-state index in [0.29, 0.717) is 11.3 Å². The highest BCUT2D eigenvalue weighted by atomic mass is 19.1. The smallest absolute Gasteiger partial charge is 0.305 e.